The number of aliphatic hydroxyl groups is 1. The Balaban J connectivity index is 2.54. The fourth-order valence-corrected chi connectivity index (χ4v) is 3.26. The quantitative estimate of drug-likeness (QED) is 0.452. The SMILES string of the molecule is CC1=C(/C=C/C=C/C=C/C(C)=C/C=C/C=C(C)/C=C/CO)C(C)(C)CCC1. The summed E-state index contributed by atoms with van der Waals surface area (Å²) < 4.78 is 0. The van der Waals surface area contributed by atoms with Crippen LogP contribution in [-0.2, 0) is 0 Å². The van der Waals surface area contributed by atoms with E-state index < -0.39 is 0 Å². The van der Waals surface area contributed by atoms with Crippen LogP contribution in [0.5, 0.6) is 0 Å². The molecule has 0 atom stereocenters. The van der Waals surface area contributed by atoms with E-state index in [0.717, 1.165) is 5.57 Å². The molecule has 1 nitrogen and oxygen atoms in total. The first kappa shape index (κ1) is 22.9. The molecule has 1 N–H and O–H groups in total. The van der Waals surface area contributed by atoms with Crippen molar-refractivity contribution in [3.63, 3.8) is 0 Å². The minimum atomic E-state index is 0.0797. The molecule has 1 aliphatic carbocycles. The zero-order valence-electron chi connectivity index (χ0n) is 17.7. The van der Waals surface area contributed by atoms with Gasteiger partial charge in [-0.05, 0) is 51.0 Å². The molecule has 0 saturated heterocycles. The zero-order chi connectivity index (χ0) is 20.1. The number of hydrogen-bond acceptors (Lipinski definition) is 1. The maximum atomic E-state index is 8.74. The molecule has 27 heavy (non-hydrogen) atoms. The fraction of sp³-hybridized carbons (Fsp3) is 0.385. The normalized spacial score (nSPS) is 19.8. The van der Waals surface area contributed by atoms with E-state index in [2.05, 4.69) is 70.2 Å². The average Bonchev–Trinajstić information content (AvgIpc) is 2.61. The molecule has 0 spiro atoms. The van der Waals surface area contributed by atoms with E-state index in [9.17, 15) is 0 Å². The van der Waals surface area contributed by atoms with Crippen molar-refractivity contribution in [3.05, 3.63) is 95.2 Å². The highest BCUT2D eigenvalue weighted by Crippen LogP contribution is 2.40. The second kappa shape index (κ2) is 12.3. The number of aliphatic hydroxyl groups excluding tert-OH is 1. The third kappa shape index (κ3) is 9.40. The molecule has 1 rings (SSSR count). The first-order chi connectivity index (χ1) is 12.9. The molecule has 0 unspecified atom stereocenters. The Labute approximate surface area is 166 Å². The van der Waals surface area contributed by atoms with Gasteiger partial charge in [0, 0.05) is 0 Å². The molecule has 1 aliphatic rings. The summed E-state index contributed by atoms with van der Waals surface area (Å²) in [5, 5.41) is 8.74. The molecule has 1 heteroatoms. The first-order valence-corrected chi connectivity index (χ1v) is 9.87. The van der Waals surface area contributed by atoms with Gasteiger partial charge in [0.05, 0.1) is 6.61 Å². The van der Waals surface area contributed by atoms with Crippen LogP contribution in [0.2, 0.25) is 0 Å². The molecule has 0 aliphatic heterocycles. The molecule has 0 saturated carbocycles. The largest absolute Gasteiger partial charge is 0.392 e. The molecule has 0 heterocycles. The third-order valence-electron chi connectivity index (χ3n) is 4.81. The maximum Gasteiger partial charge on any atom is 0.0615 e. The van der Waals surface area contributed by atoms with Crippen molar-refractivity contribution in [2.75, 3.05) is 6.61 Å². The standard InChI is InChI=1S/C26H36O/c1-22(15-10-11-16-23(2)17-13-21-27)14-8-6-7-9-19-25-24(3)18-12-20-26(25,4)5/h6-11,13-17,19,27H,12,18,20-21H2,1-5H3/b7-6+,11-10+,14-8+,17-13+,19-9+,22-15+,23-16+. The molecular weight excluding hydrogens is 328 g/mol. The van der Waals surface area contributed by atoms with Gasteiger partial charge in [0.25, 0.3) is 0 Å². The van der Waals surface area contributed by atoms with Gasteiger partial charge in [-0.25, -0.2) is 0 Å². The number of rotatable bonds is 8. The summed E-state index contributed by atoms with van der Waals surface area (Å²) in [6.45, 7) is 11.1. The van der Waals surface area contributed by atoms with Gasteiger partial charge >= 0.3 is 0 Å². The summed E-state index contributed by atoms with van der Waals surface area (Å²) in [4.78, 5) is 0. The first-order valence-electron chi connectivity index (χ1n) is 9.87. The van der Waals surface area contributed by atoms with Gasteiger partial charge in [-0.1, -0.05) is 103 Å². The minimum Gasteiger partial charge on any atom is -0.392 e. The summed E-state index contributed by atoms with van der Waals surface area (Å²) in [5.41, 5.74) is 5.65. The van der Waals surface area contributed by atoms with E-state index in [0.29, 0.717) is 5.41 Å². The van der Waals surface area contributed by atoms with E-state index in [1.807, 2.05) is 31.2 Å². The Hall–Kier alpha value is -2.12. The molecule has 0 aromatic rings. The lowest BCUT2D eigenvalue weighted by molar-refractivity contribution is 0.342. The molecule has 0 fully saturated rings. The second-order valence-electron chi connectivity index (χ2n) is 7.83. The molecule has 0 aromatic heterocycles. The van der Waals surface area contributed by atoms with Crippen molar-refractivity contribution in [2.24, 2.45) is 5.41 Å². The van der Waals surface area contributed by atoms with Gasteiger partial charge in [-0.3, -0.25) is 0 Å². The van der Waals surface area contributed by atoms with Crippen LogP contribution in [0.3, 0.4) is 0 Å². The van der Waals surface area contributed by atoms with Crippen molar-refractivity contribution >= 4 is 0 Å². The Kier molecular flexibility index (Phi) is 10.4. The molecular formula is C26H36O. The van der Waals surface area contributed by atoms with Crippen molar-refractivity contribution in [1.29, 1.82) is 0 Å². The summed E-state index contributed by atoms with van der Waals surface area (Å²) in [6, 6.07) is 0. The van der Waals surface area contributed by atoms with Crippen LogP contribution >= 0.6 is 0 Å². The third-order valence-corrected chi connectivity index (χ3v) is 4.81. The van der Waals surface area contributed by atoms with Crippen LogP contribution in [0.4, 0.5) is 0 Å². The lowest BCUT2D eigenvalue weighted by atomic mass is 9.73. The Bertz CT molecular complexity index is 700. The molecule has 0 aromatic carbocycles. The van der Waals surface area contributed by atoms with Gasteiger partial charge in [-0.2, -0.15) is 0 Å². The van der Waals surface area contributed by atoms with Crippen LogP contribution < -0.4 is 0 Å². The van der Waals surface area contributed by atoms with E-state index >= 15 is 0 Å². The average molecular weight is 365 g/mol. The fourth-order valence-electron chi connectivity index (χ4n) is 3.26. The highest BCUT2D eigenvalue weighted by molar-refractivity contribution is 5.35. The van der Waals surface area contributed by atoms with Crippen LogP contribution in [0.1, 0.15) is 53.9 Å². The maximum absolute atomic E-state index is 8.74. The van der Waals surface area contributed by atoms with Gasteiger partial charge in [0.15, 0.2) is 0 Å². The molecule has 0 bridgehead atoms. The second-order valence-corrected chi connectivity index (χ2v) is 7.83. The van der Waals surface area contributed by atoms with E-state index in [-0.39, 0.29) is 6.61 Å². The molecule has 0 amide bonds. The lowest BCUT2D eigenvalue weighted by Gasteiger charge is -2.32. The van der Waals surface area contributed by atoms with E-state index in [4.69, 9.17) is 5.11 Å². The van der Waals surface area contributed by atoms with Crippen LogP contribution in [0, 0.1) is 5.41 Å². The monoisotopic (exact) mass is 364 g/mol. The predicted octanol–water partition coefficient (Wildman–Crippen LogP) is 7.18. The van der Waals surface area contributed by atoms with Gasteiger partial charge in [0.2, 0.25) is 0 Å². The summed E-state index contributed by atoms with van der Waals surface area (Å²) in [7, 11) is 0. The number of allylic oxidation sites excluding steroid dienone is 15. The predicted molar refractivity (Wildman–Crippen MR) is 121 cm³/mol. The van der Waals surface area contributed by atoms with E-state index in [1.165, 1.54) is 36.0 Å². The van der Waals surface area contributed by atoms with E-state index in [1.54, 1.807) is 6.08 Å². The highest BCUT2D eigenvalue weighted by Gasteiger charge is 2.26. The van der Waals surface area contributed by atoms with Crippen molar-refractivity contribution in [3.8, 4) is 0 Å². The summed E-state index contributed by atoms with van der Waals surface area (Å²) in [6.07, 6.45) is 28.4. The van der Waals surface area contributed by atoms with Crippen molar-refractivity contribution in [1.82, 2.24) is 0 Å². The Morgan fingerprint density at radius 3 is 2.19 bits per heavy atom. The van der Waals surface area contributed by atoms with Gasteiger partial charge < -0.3 is 5.11 Å². The minimum absolute atomic E-state index is 0.0797. The topological polar surface area (TPSA) is 20.2 Å². The Morgan fingerprint density at radius 1 is 0.926 bits per heavy atom. The molecule has 0 radical (unpaired) electrons. The Morgan fingerprint density at radius 2 is 1.56 bits per heavy atom. The smallest absolute Gasteiger partial charge is 0.0615 e. The summed E-state index contributed by atoms with van der Waals surface area (Å²) >= 11 is 0. The number of hydrogen-bond donors (Lipinski definition) is 1. The van der Waals surface area contributed by atoms with Crippen LogP contribution in [0.15, 0.2) is 95.2 Å². The van der Waals surface area contributed by atoms with Gasteiger partial charge in [0.1, 0.15) is 0 Å². The molecule has 146 valence electrons. The van der Waals surface area contributed by atoms with Crippen LogP contribution in [0.25, 0.3) is 0 Å². The zero-order valence-corrected chi connectivity index (χ0v) is 17.7. The summed E-state index contributed by atoms with van der Waals surface area (Å²) in [5.74, 6) is 0. The van der Waals surface area contributed by atoms with Crippen molar-refractivity contribution < 1.29 is 5.11 Å². The van der Waals surface area contributed by atoms with Crippen molar-refractivity contribution in [2.45, 2.75) is 53.9 Å². The van der Waals surface area contributed by atoms with Gasteiger partial charge in [-0.15, -0.1) is 0 Å². The van der Waals surface area contributed by atoms with Crippen LogP contribution in [-0.4, -0.2) is 11.7 Å². The highest BCUT2D eigenvalue weighted by atomic mass is 16.2. The lowest BCUT2D eigenvalue weighted by Crippen LogP contribution is -2.18.